The van der Waals surface area contributed by atoms with E-state index < -0.39 is 5.97 Å². The molecule has 0 aromatic heterocycles. The number of nitrogens with zero attached hydrogens (tertiary/aromatic N) is 1. The fourth-order valence-corrected chi connectivity index (χ4v) is 3.87. The maximum absolute atomic E-state index is 12.6. The predicted molar refractivity (Wildman–Crippen MR) is 118 cm³/mol. The van der Waals surface area contributed by atoms with E-state index in [9.17, 15) is 9.59 Å². The van der Waals surface area contributed by atoms with Crippen molar-refractivity contribution in [2.75, 3.05) is 6.54 Å². The third-order valence-electron chi connectivity index (χ3n) is 3.95. The molecular weight excluding hydrogens is 406 g/mol. The quantitative estimate of drug-likeness (QED) is 0.370. The maximum atomic E-state index is 12.6. The second kappa shape index (κ2) is 9.71. The molecule has 1 fully saturated rings. The van der Waals surface area contributed by atoms with E-state index in [0.717, 1.165) is 16.9 Å². The summed E-state index contributed by atoms with van der Waals surface area (Å²) in [6.07, 6.45) is 1.52. The fourth-order valence-electron chi connectivity index (χ4n) is 2.62. The second-order valence-electron chi connectivity index (χ2n) is 6.65. The van der Waals surface area contributed by atoms with E-state index in [1.165, 1.54) is 16.7 Å². The molecule has 7 heteroatoms. The van der Waals surface area contributed by atoms with Gasteiger partial charge < -0.3 is 9.47 Å². The Labute approximate surface area is 179 Å². The number of thioether (sulfide) groups is 1. The summed E-state index contributed by atoms with van der Waals surface area (Å²) in [5.74, 6) is -0.0161. The molecule has 0 saturated carbocycles. The molecule has 0 spiro atoms. The minimum atomic E-state index is -0.475. The number of ether oxygens (including phenoxy) is 2. The van der Waals surface area contributed by atoms with Crippen LogP contribution in [0.25, 0.3) is 6.08 Å². The van der Waals surface area contributed by atoms with Gasteiger partial charge in [-0.15, -0.1) is 0 Å². The lowest BCUT2D eigenvalue weighted by atomic mass is 10.2. The number of rotatable bonds is 7. The molecule has 5 nitrogen and oxygen atoms in total. The first kappa shape index (κ1) is 21.1. The molecule has 1 amide bonds. The van der Waals surface area contributed by atoms with E-state index in [1.807, 2.05) is 54.6 Å². The first-order valence-corrected chi connectivity index (χ1v) is 10.4. The number of amides is 1. The van der Waals surface area contributed by atoms with Gasteiger partial charge in [-0.25, -0.2) is 0 Å². The van der Waals surface area contributed by atoms with Crippen LogP contribution in [0.4, 0.5) is 0 Å². The van der Waals surface area contributed by atoms with Gasteiger partial charge in [0.15, 0.2) is 0 Å². The second-order valence-corrected chi connectivity index (χ2v) is 8.33. The standard InChI is InChI=1S/C22H21NO4S2/c1-15(2)27-20(24)13-23-21(25)19(29-22(23)28)12-16-8-10-18(11-9-16)26-14-17-6-4-3-5-7-17/h3-12,15H,13-14H2,1-2H3/b19-12-. The number of carbonyl (C=O) groups is 2. The Morgan fingerprint density at radius 1 is 1.14 bits per heavy atom. The van der Waals surface area contributed by atoms with E-state index in [1.54, 1.807) is 19.9 Å². The van der Waals surface area contributed by atoms with Crippen LogP contribution in [0, 0.1) is 0 Å². The van der Waals surface area contributed by atoms with Crippen LogP contribution in [-0.4, -0.2) is 33.7 Å². The normalized spacial score (nSPS) is 15.3. The zero-order chi connectivity index (χ0) is 20.8. The van der Waals surface area contributed by atoms with Gasteiger partial charge in [-0.2, -0.15) is 0 Å². The predicted octanol–water partition coefficient (Wildman–Crippen LogP) is 4.42. The Kier molecular flexibility index (Phi) is 7.06. The highest BCUT2D eigenvalue weighted by Crippen LogP contribution is 2.32. The average Bonchev–Trinajstić information content (AvgIpc) is 2.95. The summed E-state index contributed by atoms with van der Waals surface area (Å²) in [4.78, 5) is 26.2. The van der Waals surface area contributed by atoms with E-state index in [4.69, 9.17) is 21.7 Å². The molecule has 1 aliphatic rings. The summed E-state index contributed by atoms with van der Waals surface area (Å²) in [5.41, 5.74) is 1.94. The number of hydrogen-bond acceptors (Lipinski definition) is 6. The van der Waals surface area contributed by atoms with E-state index in [0.29, 0.717) is 15.8 Å². The Morgan fingerprint density at radius 2 is 1.83 bits per heavy atom. The summed E-state index contributed by atoms with van der Waals surface area (Å²) in [7, 11) is 0. The van der Waals surface area contributed by atoms with Crippen molar-refractivity contribution in [3.05, 3.63) is 70.6 Å². The fraction of sp³-hybridized carbons (Fsp3) is 0.227. The van der Waals surface area contributed by atoms with Gasteiger partial charge in [0.2, 0.25) is 0 Å². The van der Waals surface area contributed by atoms with Crippen LogP contribution in [0.3, 0.4) is 0 Å². The maximum Gasteiger partial charge on any atom is 0.326 e. The Bertz CT molecular complexity index is 924. The number of esters is 1. The summed E-state index contributed by atoms with van der Waals surface area (Å²) in [6, 6.07) is 17.4. The topological polar surface area (TPSA) is 55.8 Å². The highest BCUT2D eigenvalue weighted by molar-refractivity contribution is 8.26. The molecule has 0 unspecified atom stereocenters. The van der Waals surface area contributed by atoms with Gasteiger partial charge >= 0.3 is 5.97 Å². The van der Waals surface area contributed by atoms with Gasteiger partial charge in [0.05, 0.1) is 11.0 Å². The zero-order valence-corrected chi connectivity index (χ0v) is 17.8. The summed E-state index contributed by atoms with van der Waals surface area (Å²) >= 11 is 6.42. The van der Waals surface area contributed by atoms with E-state index >= 15 is 0 Å². The molecule has 0 N–H and O–H groups in total. The Morgan fingerprint density at radius 3 is 2.48 bits per heavy atom. The summed E-state index contributed by atoms with van der Waals surface area (Å²) in [6.45, 7) is 3.84. The first-order valence-electron chi connectivity index (χ1n) is 9.14. The minimum absolute atomic E-state index is 0.174. The van der Waals surface area contributed by atoms with Crippen molar-refractivity contribution in [1.82, 2.24) is 4.90 Å². The molecule has 1 aliphatic heterocycles. The van der Waals surface area contributed by atoms with Crippen molar-refractivity contribution in [3.63, 3.8) is 0 Å². The Balaban J connectivity index is 1.61. The molecule has 0 bridgehead atoms. The molecule has 0 atom stereocenters. The Hall–Kier alpha value is -2.64. The van der Waals surface area contributed by atoms with Gasteiger partial charge in [-0.1, -0.05) is 66.4 Å². The highest BCUT2D eigenvalue weighted by Gasteiger charge is 2.33. The first-order chi connectivity index (χ1) is 13.9. The third kappa shape index (κ3) is 5.92. The number of carbonyl (C=O) groups excluding carboxylic acids is 2. The van der Waals surface area contributed by atoms with Crippen LogP contribution in [-0.2, 0) is 20.9 Å². The smallest absolute Gasteiger partial charge is 0.326 e. The highest BCUT2D eigenvalue weighted by atomic mass is 32.2. The van der Waals surface area contributed by atoms with E-state index in [2.05, 4.69) is 0 Å². The van der Waals surface area contributed by atoms with Gasteiger partial charge in [0, 0.05) is 0 Å². The van der Waals surface area contributed by atoms with Crippen LogP contribution >= 0.6 is 24.0 Å². The molecule has 2 aromatic carbocycles. The average molecular weight is 428 g/mol. The minimum Gasteiger partial charge on any atom is -0.489 e. The van der Waals surface area contributed by atoms with E-state index in [-0.39, 0.29) is 18.6 Å². The summed E-state index contributed by atoms with van der Waals surface area (Å²) in [5, 5.41) is 0. The van der Waals surface area contributed by atoms with Crippen molar-refractivity contribution in [2.45, 2.75) is 26.6 Å². The molecule has 1 heterocycles. The van der Waals surface area contributed by atoms with Crippen LogP contribution in [0.2, 0.25) is 0 Å². The van der Waals surface area contributed by atoms with Gasteiger partial charge in [0.25, 0.3) is 5.91 Å². The van der Waals surface area contributed by atoms with Crippen LogP contribution in [0.15, 0.2) is 59.5 Å². The zero-order valence-electron chi connectivity index (χ0n) is 16.2. The van der Waals surface area contributed by atoms with Crippen molar-refractivity contribution in [2.24, 2.45) is 0 Å². The van der Waals surface area contributed by atoms with Crippen molar-refractivity contribution in [1.29, 1.82) is 0 Å². The number of benzene rings is 2. The lowest BCUT2D eigenvalue weighted by Gasteiger charge is -2.14. The summed E-state index contributed by atoms with van der Waals surface area (Å²) < 4.78 is 11.2. The number of hydrogen-bond donors (Lipinski definition) is 0. The molecule has 1 saturated heterocycles. The van der Waals surface area contributed by atoms with Crippen molar-refractivity contribution in [3.8, 4) is 5.75 Å². The molecule has 3 rings (SSSR count). The number of thiocarbonyl (C=S) groups is 1. The van der Waals surface area contributed by atoms with Crippen molar-refractivity contribution < 1.29 is 19.1 Å². The molecule has 2 aromatic rings. The molecule has 150 valence electrons. The van der Waals surface area contributed by atoms with Crippen LogP contribution in [0.1, 0.15) is 25.0 Å². The van der Waals surface area contributed by atoms with Crippen LogP contribution < -0.4 is 4.74 Å². The van der Waals surface area contributed by atoms with Gasteiger partial charge in [-0.05, 0) is 43.2 Å². The SMILES string of the molecule is CC(C)OC(=O)CN1C(=O)/C(=C/c2ccc(OCc3ccccc3)cc2)SC1=S. The molecule has 29 heavy (non-hydrogen) atoms. The molecular formula is C22H21NO4S2. The lowest BCUT2D eigenvalue weighted by molar-refractivity contribution is -0.149. The third-order valence-corrected chi connectivity index (χ3v) is 5.33. The van der Waals surface area contributed by atoms with Gasteiger partial charge in [0.1, 0.15) is 23.2 Å². The lowest BCUT2D eigenvalue weighted by Crippen LogP contribution is -2.35. The van der Waals surface area contributed by atoms with Crippen molar-refractivity contribution >= 4 is 46.3 Å². The van der Waals surface area contributed by atoms with Gasteiger partial charge in [-0.3, -0.25) is 14.5 Å². The molecule has 0 radical (unpaired) electrons. The van der Waals surface area contributed by atoms with Crippen LogP contribution in [0.5, 0.6) is 5.75 Å². The largest absolute Gasteiger partial charge is 0.489 e. The monoisotopic (exact) mass is 427 g/mol. The molecule has 0 aliphatic carbocycles.